The SMILES string of the molecule is COc1cc(OC)nc(SCC(=O)NN=Cc2ccc(O)cc2)n1. The summed E-state index contributed by atoms with van der Waals surface area (Å²) in [4.78, 5) is 20.0. The minimum atomic E-state index is -0.305. The Morgan fingerprint density at radius 3 is 2.46 bits per heavy atom. The first-order chi connectivity index (χ1) is 11.6. The van der Waals surface area contributed by atoms with Gasteiger partial charge in [0, 0.05) is 0 Å². The maximum atomic E-state index is 11.8. The van der Waals surface area contributed by atoms with Gasteiger partial charge in [0.25, 0.3) is 5.91 Å². The first-order valence-electron chi connectivity index (χ1n) is 6.81. The molecule has 0 aliphatic carbocycles. The number of nitrogens with zero attached hydrogens (tertiary/aromatic N) is 3. The van der Waals surface area contributed by atoms with E-state index in [1.165, 1.54) is 32.6 Å². The predicted molar refractivity (Wildman–Crippen MR) is 89.7 cm³/mol. The molecule has 0 bridgehead atoms. The van der Waals surface area contributed by atoms with E-state index >= 15 is 0 Å². The minimum absolute atomic E-state index is 0.0865. The molecule has 0 unspecified atom stereocenters. The van der Waals surface area contributed by atoms with Gasteiger partial charge < -0.3 is 14.6 Å². The Labute approximate surface area is 142 Å². The molecule has 1 aromatic carbocycles. The number of phenolic OH excluding ortho intramolecular Hbond substituents is 1. The Morgan fingerprint density at radius 2 is 1.88 bits per heavy atom. The average Bonchev–Trinajstić information content (AvgIpc) is 2.61. The number of phenols is 1. The number of hydrogen-bond donors (Lipinski definition) is 2. The smallest absolute Gasteiger partial charge is 0.250 e. The van der Waals surface area contributed by atoms with Gasteiger partial charge in [-0.1, -0.05) is 11.8 Å². The largest absolute Gasteiger partial charge is 0.508 e. The number of ether oxygens (including phenoxy) is 2. The molecule has 2 aromatic rings. The molecule has 126 valence electrons. The van der Waals surface area contributed by atoms with Crippen LogP contribution in [-0.4, -0.2) is 47.2 Å². The van der Waals surface area contributed by atoms with Gasteiger partial charge in [-0.05, 0) is 29.8 Å². The molecule has 1 amide bonds. The second-order valence-corrected chi connectivity index (χ2v) is 5.35. The summed E-state index contributed by atoms with van der Waals surface area (Å²) in [6, 6.07) is 7.97. The maximum absolute atomic E-state index is 11.8. The first-order valence-corrected chi connectivity index (χ1v) is 7.80. The van der Waals surface area contributed by atoms with Gasteiger partial charge in [-0.25, -0.2) is 5.43 Å². The van der Waals surface area contributed by atoms with Gasteiger partial charge in [-0.15, -0.1) is 0 Å². The van der Waals surface area contributed by atoms with Crippen molar-refractivity contribution in [3.8, 4) is 17.5 Å². The summed E-state index contributed by atoms with van der Waals surface area (Å²) in [6.45, 7) is 0. The average molecular weight is 348 g/mol. The second kappa shape index (κ2) is 8.73. The van der Waals surface area contributed by atoms with Crippen LogP contribution in [0.3, 0.4) is 0 Å². The number of carbonyl (C=O) groups is 1. The van der Waals surface area contributed by atoms with E-state index in [-0.39, 0.29) is 17.4 Å². The van der Waals surface area contributed by atoms with Crippen molar-refractivity contribution >= 4 is 23.9 Å². The Bertz CT molecular complexity index is 700. The highest BCUT2D eigenvalue weighted by Crippen LogP contribution is 2.21. The predicted octanol–water partition coefficient (Wildman–Crippen LogP) is 1.44. The molecular formula is C15H16N4O4S. The summed E-state index contributed by atoms with van der Waals surface area (Å²) in [5.41, 5.74) is 3.15. The molecule has 0 saturated carbocycles. The lowest BCUT2D eigenvalue weighted by atomic mass is 10.2. The number of thioether (sulfide) groups is 1. The molecule has 0 saturated heterocycles. The van der Waals surface area contributed by atoms with Gasteiger partial charge in [-0.2, -0.15) is 15.1 Å². The Morgan fingerprint density at radius 1 is 1.25 bits per heavy atom. The van der Waals surface area contributed by atoms with Crippen molar-refractivity contribution in [3.05, 3.63) is 35.9 Å². The number of methoxy groups -OCH3 is 2. The number of benzene rings is 1. The lowest BCUT2D eigenvalue weighted by molar-refractivity contribution is -0.118. The molecule has 1 heterocycles. The Kier molecular flexibility index (Phi) is 6.38. The number of hydrogen-bond acceptors (Lipinski definition) is 8. The van der Waals surface area contributed by atoms with Crippen LogP contribution < -0.4 is 14.9 Å². The van der Waals surface area contributed by atoms with Crippen molar-refractivity contribution in [2.45, 2.75) is 5.16 Å². The summed E-state index contributed by atoms with van der Waals surface area (Å²) < 4.78 is 10.1. The third-order valence-electron chi connectivity index (χ3n) is 2.71. The molecule has 2 rings (SSSR count). The van der Waals surface area contributed by atoms with Crippen LogP contribution in [0.5, 0.6) is 17.5 Å². The minimum Gasteiger partial charge on any atom is -0.508 e. The molecular weight excluding hydrogens is 332 g/mol. The lowest BCUT2D eigenvalue weighted by Gasteiger charge is -2.05. The van der Waals surface area contributed by atoms with Gasteiger partial charge in [0.05, 0.1) is 32.3 Å². The molecule has 0 aliphatic rings. The van der Waals surface area contributed by atoms with E-state index in [0.29, 0.717) is 16.9 Å². The zero-order chi connectivity index (χ0) is 17.4. The van der Waals surface area contributed by atoms with E-state index in [9.17, 15) is 9.90 Å². The maximum Gasteiger partial charge on any atom is 0.250 e. The zero-order valence-corrected chi connectivity index (χ0v) is 13.9. The van der Waals surface area contributed by atoms with Crippen molar-refractivity contribution in [2.24, 2.45) is 5.10 Å². The molecule has 0 fully saturated rings. The molecule has 2 N–H and O–H groups in total. The zero-order valence-electron chi connectivity index (χ0n) is 13.1. The number of nitrogens with one attached hydrogen (secondary N) is 1. The van der Waals surface area contributed by atoms with Gasteiger partial charge >= 0.3 is 0 Å². The van der Waals surface area contributed by atoms with Crippen LogP contribution in [0.15, 0.2) is 40.6 Å². The van der Waals surface area contributed by atoms with E-state index in [0.717, 1.165) is 17.3 Å². The molecule has 9 heteroatoms. The van der Waals surface area contributed by atoms with Crippen LogP contribution in [0.1, 0.15) is 5.56 Å². The van der Waals surface area contributed by atoms with E-state index in [1.54, 1.807) is 18.2 Å². The standard InChI is InChI=1S/C15H16N4O4S/c1-22-13-7-14(23-2)18-15(17-13)24-9-12(21)19-16-8-10-3-5-11(20)6-4-10/h3-8,20H,9H2,1-2H3,(H,19,21). The van der Waals surface area contributed by atoms with Crippen molar-refractivity contribution in [2.75, 3.05) is 20.0 Å². The van der Waals surface area contributed by atoms with Gasteiger partial charge in [0.15, 0.2) is 5.16 Å². The summed E-state index contributed by atoms with van der Waals surface area (Å²) in [6.07, 6.45) is 1.48. The molecule has 24 heavy (non-hydrogen) atoms. The number of aromatic hydroxyl groups is 1. The fraction of sp³-hybridized carbons (Fsp3) is 0.200. The number of hydrazone groups is 1. The molecule has 8 nitrogen and oxygen atoms in total. The third-order valence-corrected chi connectivity index (χ3v) is 3.55. The quantitative estimate of drug-likeness (QED) is 0.337. The van der Waals surface area contributed by atoms with Gasteiger partial charge in [-0.3, -0.25) is 4.79 Å². The third kappa shape index (κ3) is 5.43. The van der Waals surface area contributed by atoms with E-state index in [4.69, 9.17) is 9.47 Å². The summed E-state index contributed by atoms with van der Waals surface area (Å²) in [7, 11) is 2.97. The molecule has 0 aliphatic heterocycles. The Balaban J connectivity index is 1.85. The normalized spacial score (nSPS) is 10.6. The van der Waals surface area contributed by atoms with Crippen molar-refractivity contribution in [3.63, 3.8) is 0 Å². The van der Waals surface area contributed by atoms with Gasteiger partial charge in [0.1, 0.15) is 5.75 Å². The molecule has 0 atom stereocenters. The fourth-order valence-electron chi connectivity index (χ4n) is 1.56. The van der Waals surface area contributed by atoms with E-state index < -0.39 is 0 Å². The summed E-state index contributed by atoms with van der Waals surface area (Å²) >= 11 is 1.13. The first kappa shape index (κ1) is 17.5. The van der Waals surface area contributed by atoms with Crippen LogP contribution in [-0.2, 0) is 4.79 Å². The molecule has 1 aromatic heterocycles. The van der Waals surface area contributed by atoms with Crippen LogP contribution >= 0.6 is 11.8 Å². The lowest BCUT2D eigenvalue weighted by Crippen LogP contribution is -2.19. The fourth-order valence-corrected chi connectivity index (χ4v) is 2.19. The van der Waals surface area contributed by atoms with Crippen LogP contribution in [0.2, 0.25) is 0 Å². The topological polar surface area (TPSA) is 106 Å². The molecule has 0 radical (unpaired) electrons. The highest BCUT2D eigenvalue weighted by atomic mass is 32.2. The van der Waals surface area contributed by atoms with Crippen molar-refractivity contribution < 1.29 is 19.4 Å². The van der Waals surface area contributed by atoms with E-state index in [2.05, 4.69) is 20.5 Å². The van der Waals surface area contributed by atoms with Crippen molar-refractivity contribution in [1.29, 1.82) is 0 Å². The second-order valence-electron chi connectivity index (χ2n) is 4.41. The van der Waals surface area contributed by atoms with Crippen LogP contribution in [0, 0.1) is 0 Å². The Hall–Kier alpha value is -2.81. The highest BCUT2D eigenvalue weighted by Gasteiger charge is 2.08. The molecule has 0 spiro atoms. The van der Waals surface area contributed by atoms with Gasteiger partial charge in [0.2, 0.25) is 11.8 Å². The van der Waals surface area contributed by atoms with E-state index in [1.807, 2.05) is 0 Å². The number of amides is 1. The monoisotopic (exact) mass is 348 g/mol. The van der Waals surface area contributed by atoms with Crippen molar-refractivity contribution in [1.82, 2.24) is 15.4 Å². The summed E-state index contributed by atoms with van der Waals surface area (Å²) in [5, 5.41) is 13.4. The number of rotatable bonds is 7. The summed E-state index contributed by atoms with van der Waals surface area (Å²) in [5.74, 6) is 0.662. The van der Waals surface area contributed by atoms with Crippen LogP contribution in [0.4, 0.5) is 0 Å². The number of aromatic nitrogens is 2. The number of carbonyl (C=O) groups excluding carboxylic acids is 1. The van der Waals surface area contributed by atoms with Crippen LogP contribution in [0.25, 0.3) is 0 Å². The highest BCUT2D eigenvalue weighted by molar-refractivity contribution is 7.99.